The van der Waals surface area contributed by atoms with Gasteiger partial charge < -0.3 is 5.32 Å². The maximum atomic E-state index is 13.4. The van der Waals surface area contributed by atoms with Crippen LogP contribution in [0.5, 0.6) is 0 Å². The van der Waals surface area contributed by atoms with Crippen LogP contribution in [0.25, 0.3) is 16.9 Å². The minimum absolute atomic E-state index is 0.129. The maximum Gasteiger partial charge on any atom is 0.261 e. The van der Waals surface area contributed by atoms with Crippen molar-refractivity contribution in [3.63, 3.8) is 0 Å². The Balaban J connectivity index is 1.62. The van der Waals surface area contributed by atoms with Crippen molar-refractivity contribution in [3.05, 3.63) is 101 Å². The molecule has 3 aromatic carbocycles. The van der Waals surface area contributed by atoms with Gasteiger partial charge in [0, 0.05) is 22.5 Å². The van der Waals surface area contributed by atoms with E-state index in [2.05, 4.69) is 15.7 Å². The van der Waals surface area contributed by atoms with E-state index in [0.717, 1.165) is 5.69 Å². The van der Waals surface area contributed by atoms with E-state index in [9.17, 15) is 9.18 Å². The first kappa shape index (κ1) is 20.7. The molecule has 5 nitrogen and oxygen atoms in total. The molecule has 1 amide bonds. The molecule has 0 saturated heterocycles. The largest absolute Gasteiger partial charge is 0.332 e. The van der Waals surface area contributed by atoms with E-state index in [1.54, 1.807) is 47.3 Å². The van der Waals surface area contributed by atoms with E-state index in [4.69, 9.17) is 23.8 Å². The number of anilines is 1. The predicted octanol–water partition coefficient (Wildman–Crippen LogP) is 5.46. The number of aromatic nitrogens is 2. The van der Waals surface area contributed by atoms with Gasteiger partial charge in [-0.3, -0.25) is 10.1 Å². The van der Waals surface area contributed by atoms with Crippen molar-refractivity contribution in [2.24, 2.45) is 0 Å². The molecule has 0 atom stereocenters. The lowest BCUT2D eigenvalue weighted by Crippen LogP contribution is -2.34. The number of nitrogens with zero attached hydrogens (tertiary/aromatic N) is 2. The molecule has 2 N–H and O–H groups in total. The number of hydrogen-bond acceptors (Lipinski definition) is 3. The smallest absolute Gasteiger partial charge is 0.261 e. The molecule has 1 heterocycles. The molecular weight excluding hydrogens is 435 g/mol. The van der Waals surface area contributed by atoms with E-state index in [-0.39, 0.29) is 10.9 Å². The average Bonchev–Trinajstić information content (AvgIpc) is 3.22. The van der Waals surface area contributed by atoms with Gasteiger partial charge >= 0.3 is 0 Å². The minimum Gasteiger partial charge on any atom is -0.332 e. The minimum atomic E-state index is -0.437. The van der Waals surface area contributed by atoms with Crippen molar-refractivity contribution < 1.29 is 9.18 Å². The number of amides is 1. The first-order valence-corrected chi connectivity index (χ1v) is 10.1. The summed E-state index contributed by atoms with van der Waals surface area (Å²) in [6.45, 7) is 0. The van der Waals surface area contributed by atoms with Crippen LogP contribution in [0.15, 0.2) is 85.1 Å². The van der Waals surface area contributed by atoms with Gasteiger partial charge in [0.05, 0.1) is 11.3 Å². The fourth-order valence-electron chi connectivity index (χ4n) is 2.94. The van der Waals surface area contributed by atoms with E-state index < -0.39 is 5.91 Å². The normalized spacial score (nSPS) is 10.5. The summed E-state index contributed by atoms with van der Waals surface area (Å²) in [6, 6.07) is 22.1. The van der Waals surface area contributed by atoms with Gasteiger partial charge in [0.25, 0.3) is 5.91 Å². The number of benzene rings is 3. The van der Waals surface area contributed by atoms with Crippen molar-refractivity contribution in [1.82, 2.24) is 15.1 Å². The highest BCUT2D eigenvalue weighted by Crippen LogP contribution is 2.24. The molecule has 0 fully saturated rings. The van der Waals surface area contributed by atoms with Gasteiger partial charge in [0.2, 0.25) is 0 Å². The first-order chi connectivity index (χ1) is 15.0. The van der Waals surface area contributed by atoms with E-state index >= 15 is 0 Å². The fourth-order valence-corrected chi connectivity index (χ4v) is 3.28. The third-order valence-electron chi connectivity index (χ3n) is 4.43. The molecule has 1 aromatic heterocycles. The molecule has 4 rings (SSSR count). The Morgan fingerprint density at radius 3 is 2.32 bits per heavy atom. The Hall–Kier alpha value is -3.55. The van der Waals surface area contributed by atoms with Crippen LogP contribution in [-0.2, 0) is 0 Å². The zero-order valence-electron chi connectivity index (χ0n) is 16.0. The van der Waals surface area contributed by atoms with Crippen molar-refractivity contribution in [2.75, 3.05) is 5.32 Å². The molecule has 154 valence electrons. The van der Waals surface area contributed by atoms with Gasteiger partial charge in [-0.1, -0.05) is 29.8 Å². The van der Waals surface area contributed by atoms with E-state index in [0.29, 0.717) is 27.5 Å². The lowest BCUT2D eigenvalue weighted by atomic mass is 10.1. The van der Waals surface area contributed by atoms with E-state index in [1.165, 1.54) is 12.1 Å². The molecule has 0 bridgehead atoms. The number of halogens is 2. The quantitative estimate of drug-likeness (QED) is 0.405. The monoisotopic (exact) mass is 450 g/mol. The lowest BCUT2D eigenvalue weighted by Gasteiger charge is -2.09. The van der Waals surface area contributed by atoms with Crippen molar-refractivity contribution in [3.8, 4) is 16.9 Å². The first-order valence-electron chi connectivity index (χ1n) is 9.28. The lowest BCUT2D eigenvalue weighted by molar-refractivity contribution is 0.0978. The number of para-hydroxylation sites is 1. The summed E-state index contributed by atoms with van der Waals surface area (Å²) >= 11 is 11.2. The summed E-state index contributed by atoms with van der Waals surface area (Å²) in [5.74, 6) is -0.807. The van der Waals surface area contributed by atoms with Crippen molar-refractivity contribution >= 4 is 40.5 Å². The molecule has 0 aliphatic rings. The van der Waals surface area contributed by atoms with Crippen molar-refractivity contribution in [2.45, 2.75) is 0 Å². The van der Waals surface area contributed by atoms with Crippen LogP contribution in [0, 0.1) is 5.82 Å². The standard InChI is InChI=1S/C23H16ClFN4OS/c24-16-8-12-18(13-9-16)26-23(31)27-22(30)20-14-29(19-4-2-1-3-5-19)28-21(20)15-6-10-17(25)11-7-15/h1-14H,(H2,26,27,30,31). The molecule has 8 heteroatoms. The molecule has 31 heavy (non-hydrogen) atoms. The van der Waals surface area contributed by atoms with E-state index in [1.807, 2.05) is 30.3 Å². The number of carbonyl (C=O) groups is 1. The number of thiocarbonyl (C=S) groups is 1. The van der Waals surface area contributed by atoms with Gasteiger partial charge in [0.15, 0.2) is 5.11 Å². The third-order valence-corrected chi connectivity index (χ3v) is 4.88. The summed E-state index contributed by atoms with van der Waals surface area (Å²) < 4.78 is 15.0. The third kappa shape index (κ3) is 4.96. The Morgan fingerprint density at radius 2 is 1.65 bits per heavy atom. The van der Waals surface area contributed by atoms with Crippen LogP contribution in [0.2, 0.25) is 5.02 Å². The van der Waals surface area contributed by atoms with Crippen LogP contribution >= 0.6 is 23.8 Å². The van der Waals surface area contributed by atoms with Gasteiger partial charge in [0.1, 0.15) is 11.5 Å². The van der Waals surface area contributed by atoms with Crippen LogP contribution in [0.1, 0.15) is 10.4 Å². The highest BCUT2D eigenvalue weighted by molar-refractivity contribution is 7.80. The van der Waals surface area contributed by atoms with Crippen LogP contribution < -0.4 is 10.6 Å². The molecule has 0 unspecified atom stereocenters. The second-order valence-corrected chi connectivity index (χ2v) is 7.44. The second-order valence-electron chi connectivity index (χ2n) is 6.59. The summed E-state index contributed by atoms with van der Waals surface area (Å²) in [5, 5.41) is 10.9. The number of carbonyl (C=O) groups excluding carboxylic acids is 1. The van der Waals surface area contributed by atoms with Crippen molar-refractivity contribution in [1.29, 1.82) is 0 Å². The van der Waals surface area contributed by atoms with Gasteiger partial charge in [-0.05, 0) is 72.9 Å². The fraction of sp³-hybridized carbons (Fsp3) is 0. The average molecular weight is 451 g/mol. The Morgan fingerprint density at radius 1 is 0.968 bits per heavy atom. The Labute approximate surface area is 188 Å². The summed E-state index contributed by atoms with van der Waals surface area (Å²) in [7, 11) is 0. The zero-order valence-corrected chi connectivity index (χ0v) is 17.6. The molecule has 0 radical (unpaired) electrons. The van der Waals surface area contributed by atoms with Gasteiger partial charge in [-0.2, -0.15) is 5.10 Å². The zero-order chi connectivity index (χ0) is 21.8. The molecule has 0 saturated carbocycles. The number of hydrogen-bond donors (Lipinski definition) is 2. The molecule has 4 aromatic rings. The van der Waals surface area contributed by atoms with Crippen LogP contribution in [0.4, 0.5) is 10.1 Å². The van der Waals surface area contributed by atoms with Crippen LogP contribution in [0.3, 0.4) is 0 Å². The SMILES string of the molecule is O=C(NC(=S)Nc1ccc(Cl)cc1)c1cn(-c2ccccc2)nc1-c1ccc(F)cc1. The summed E-state index contributed by atoms with van der Waals surface area (Å²) in [6.07, 6.45) is 1.62. The number of nitrogens with one attached hydrogen (secondary N) is 2. The molecule has 0 aliphatic carbocycles. The predicted molar refractivity (Wildman–Crippen MR) is 124 cm³/mol. The highest BCUT2D eigenvalue weighted by Gasteiger charge is 2.19. The molecular formula is C23H16ClFN4OS. The highest BCUT2D eigenvalue weighted by atomic mass is 35.5. The Bertz CT molecular complexity index is 1220. The topological polar surface area (TPSA) is 59.0 Å². The maximum absolute atomic E-state index is 13.4. The van der Waals surface area contributed by atoms with Gasteiger partial charge in [-0.15, -0.1) is 0 Å². The second kappa shape index (κ2) is 9.07. The Kier molecular flexibility index (Phi) is 6.06. The van der Waals surface area contributed by atoms with Gasteiger partial charge in [-0.25, -0.2) is 9.07 Å². The van der Waals surface area contributed by atoms with Crippen LogP contribution in [-0.4, -0.2) is 20.8 Å². The molecule has 0 aliphatic heterocycles. The summed E-state index contributed by atoms with van der Waals surface area (Å²) in [4.78, 5) is 13.0. The summed E-state index contributed by atoms with van der Waals surface area (Å²) in [5.41, 5.74) is 2.80. The molecule has 0 spiro atoms. The number of rotatable bonds is 4.